The van der Waals surface area contributed by atoms with Gasteiger partial charge in [-0.15, -0.1) is 12.3 Å². The van der Waals surface area contributed by atoms with Crippen LogP contribution in [0, 0.1) is 12.3 Å². The zero-order valence-corrected chi connectivity index (χ0v) is 8.27. The molecular weight excluding hydrogens is 148 g/mol. The SMILES string of the molecule is C#CCCCC(O)(CC)CCC. The molecule has 0 rings (SSSR count). The molecule has 0 aliphatic carbocycles. The van der Waals surface area contributed by atoms with Gasteiger partial charge in [-0.05, 0) is 25.7 Å². The lowest BCUT2D eigenvalue weighted by molar-refractivity contribution is 0.0167. The molecule has 1 nitrogen and oxygen atoms in total. The molecule has 0 saturated heterocycles. The minimum Gasteiger partial charge on any atom is -0.390 e. The second-order valence-electron chi connectivity index (χ2n) is 3.39. The fourth-order valence-electron chi connectivity index (χ4n) is 1.46. The van der Waals surface area contributed by atoms with Gasteiger partial charge in [-0.25, -0.2) is 0 Å². The van der Waals surface area contributed by atoms with E-state index in [2.05, 4.69) is 12.8 Å². The van der Waals surface area contributed by atoms with Gasteiger partial charge in [0.15, 0.2) is 0 Å². The molecule has 0 aromatic carbocycles. The average molecular weight is 168 g/mol. The van der Waals surface area contributed by atoms with E-state index in [-0.39, 0.29) is 0 Å². The standard InChI is InChI=1S/C11H20O/c1-4-7-8-10-11(12,6-3)9-5-2/h1,12H,5-10H2,2-3H3. The van der Waals surface area contributed by atoms with E-state index >= 15 is 0 Å². The van der Waals surface area contributed by atoms with E-state index in [9.17, 15) is 5.11 Å². The van der Waals surface area contributed by atoms with E-state index < -0.39 is 5.60 Å². The first-order valence-corrected chi connectivity index (χ1v) is 4.84. The Balaban J connectivity index is 3.72. The van der Waals surface area contributed by atoms with Gasteiger partial charge in [0.25, 0.3) is 0 Å². The van der Waals surface area contributed by atoms with E-state index in [1.807, 2.05) is 6.92 Å². The van der Waals surface area contributed by atoms with E-state index in [1.165, 1.54) is 0 Å². The normalized spacial score (nSPS) is 15.2. The van der Waals surface area contributed by atoms with Crippen molar-refractivity contribution >= 4 is 0 Å². The van der Waals surface area contributed by atoms with Gasteiger partial charge in [-0.3, -0.25) is 0 Å². The highest BCUT2D eigenvalue weighted by molar-refractivity contribution is 4.85. The molecule has 1 atom stereocenters. The summed E-state index contributed by atoms with van der Waals surface area (Å²) in [5.41, 5.74) is -0.453. The maximum Gasteiger partial charge on any atom is 0.0645 e. The minimum atomic E-state index is -0.453. The Hall–Kier alpha value is -0.480. The predicted molar refractivity (Wildman–Crippen MR) is 52.8 cm³/mol. The van der Waals surface area contributed by atoms with Crippen molar-refractivity contribution in [3.05, 3.63) is 0 Å². The third-order valence-corrected chi connectivity index (χ3v) is 2.34. The number of unbranched alkanes of at least 4 members (excludes halogenated alkanes) is 1. The third-order valence-electron chi connectivity index (χ3n) is 2.34. The van der Waals surface area contributed by atoms with Gasteiger partial charge >= 0.3 is 0 Å². The molecule has 0 saturated carbocycles. The van der Waals surface area contributed by atoms with Crippen LogP contribution in [0.25, 0.3) is 0 Å². The predicted octanol–water partition coefficient (Wildman–Crippen LogP) is 2.73. The van der Waals surface area contributed by atoms with E-state index in [0.717, 1.165) is 38.5 Å². The van der Waals surface area contributed by atoms with Crippen LogP contribution in [0.3, 0.4) is 0 Å². The van der Waals surface area contributed by atoms with Crippen molar-refractivity contribution in [2.24, 2.45) is 0 Å². The second kappa shape index (κ2) is 6.08. The molecule has 12 heavy (non-hydrogen) atoms. The quantitative estimate of drug-likeness (QED) is 0.477. The first-order chi connectivity index (χ1) is 5.68. The molecule has 0 radical (unpaired) electrons. The summed E-state index contributed by atoms with van der Waals surface area (Å²) in [7, 11) is 0. The molecule has 0 aliphatic heterocycles. The van der Waals surface area contributed by atoms with Gasteiger partial charge in [0.1, 0.15) is 0 Å². The van der Waals surface area contributed by atoms with Crippen molar-refractivity contribution in [1.29, 1.82) is 0 Å². The molecule has 0 amide bonds. The Morgan fingerprint density at radius 1 is 1.33 bits per heavy atom. The first-order valence-electron chi connectivity index (χ1n) is 4.84. The van der Waals surface area contributed by atoms with Crippen LogP contribution in [-0.4, -0.2) is 10.7 Å². The molecular formula is C11H20O. The van der Waals surface area contributed by atoms with Crippen molar-refractivity contribution in [3.63, 3.8) is 0 Å². The van der Waals surface area contributed by atoms with Crippen LogP contribution in [0.4, 0.5) is 0 Å². The highest BCUT2D eigenvalue weighted by Gasteiger charge is 2.21. The molecule has 0 fully saturated rings. The molecule has 0 aromatic rings. The second-order valence-corrected chi connectivity index (χ2v) is 3.39. The minimum absolute atomic E-state index is 0.453. The van der Waals surface area contributed by atoms with Crippen LogP contribution < -0.4 is 0 Å². The van der Waals surface area contributed by atoms with Gasteiger partial charge < -0.3 is 5.11 Å². The Labute approximate surface area is 76.2 Å². The number of hydrogen-bond donors (Lipinski definition) is 1. The van der Waals surface area contributed by atoms with Crippen LogP contribution in [0.2, 0.25) is 0 Å². The Bertz CT molecular complexity index is 146. The molecule has 0 heterocycles. The molecule has 0 spiro atoms. The summed E-state index contributed by atoms with van der Waals surface area (Å²) >= 11 is 0. The summed E-state index contributed by atoms with van der Waals surface area (Å²) in [5, 5.41) is 9.98. The molecule has 0 bridgehead atoms. The highest BCUT2D eigenvalue weighted by atomic mass is 16.3. The fourth-order valence-corrected chi connectivity index (χ4v) is 1.46. The monoisotopic (exact) mass is 168 g/mol. The van der Waals surface area contributed by atoms with Crippen molar-refractivity contribution in [2.75, 3.05) is 0 Å². The van der Waals surface area contributed by atoms with Crippen LogP contribution >= 0.6 is 0 Å². The summed E-state index contributed by atoms with van der Waals surface area (Å²) in [5.74, 6) is 2.60. The fraction of sp³-hybridized carbons (Fsp3) is 0.818. The van der Waals surface area contributed by atoms with E-state index in [0.29, 0.717) is 0 Å². The lowest BCUT2D eigenvalue weighted by atomic mass is 9.89. The maximum absolute atomic E-state index is 9.98. The maximum atomic E-state index is 9.98. The topological polar surface area (TPSA) is 20.2 Å². The average Bonchev–Trinajstić information content (AvgIpc) is 2.06. The smallest absolute Gasteiger partial charge is 0.0645 e. The molecule has 0 aliphatic rings. The number of rotatable bonds is 6. The van der Waals surface area contributed by atoms with Gasteiger partial charge in [0.2, 0.25) is 0 Å². The summed E-state index contributed by atoms with van der Waals surface area (Å²) < 4.78 is 0. The van der Waals surface area contributed by atoms with Gasteiger partial charge in [0.05, 0.1) is 5.60 Å². The first kappa shape index (κ1) is 11.5. The summed E-state index contributed by atoms with van der Waals surface area (Å²) in [4.78, 5) is 0. The van der Waals surface area contributed by atoms with Crippen LogP contribution in [0.15, 0.2) is 0 Å². The molecule has 1 N–H and O–H groups in total. The zero-order valence-electron chi connectivity index (χ0n) is 8.27. The number of terminal acetylenes is 1. The van der Waals surface area contributed by atoms with Gasteiger partial charge in [0, 0.05) is 6.42 Å². The van der Waals surface area contributed by atoms with E-state index in [1.54, 1.807) is 0 Å². The van der Waals surface area contributed by atoms with Crippen molar-refractivity contribution in [1.82, 2.24) is 0 Å². The molecule has 1 heteroatoms. The van der Waals surface area contributed by atoms with Crippen molar-refractivity contribution in [3.8, 4) is 12.3 Å². The molecule has 1 unspecified atom stereocenters. The third kappa shape index (κ3) is 4.41. The number of aliphatic hydroxyl groups is 1. The largest absolute Gasteiger partial charge is 0.390 e. The lowest BCUT2D eigenvalue weighted by Crippen LogP contribution is -2.27. The summed E-state index contributed by atoms with van der Waals surface area (Å²) in [6.45, 7) is 4.13. The van der Waals surface area contributed by atoms with E-state index in [4.69, 9.17) is 6.42 Å². The van der Waals surface area contributed by atoms with Crippen LogP contribution in [-0.2, 0) is 0 Å². The van der Waals surface area contributed by atoms with Crippen LogP contribution in [0.1, 0.15) is 52.4 Å². The number of hydrogen-bond acceptors (Lipinski definition) is 1. The Morgan fingerprint density at radius 3 is 2.42 bits per heavy atom. The summed E-state index contributed by atoms with van der Waals surface area (Å²) in [6.07, 6.45) is 10.5. The van der Waals surface area contributed by atoms with Crippen LogP contribution in [0.5, 0.6) is 0 Å². The van der Waals surface area contributed by atoms with Crippen molar-refractivity contribution in [2.45, 2.75) is 58.0 Å². The molecule has 0 aromatic heterocycles. The Morgan fingerprint density at radius 2 is 2.00 bits per heavy atom. The molecule has 70 valence electrons. The summed E-state index contributed by atoms with van der Waals surface area (Å²) in [6, 6.07) is 0. The van der Waals surface area contributed by atoms with Crippen molar-refractivity contribution < 1.29 is 5.11 Å². The highest BCUT2D eigenvalue weighted by Crippen LogP contribution is 2.23. The van der Waals surface area contributed by atoms with Gasteiger partial charge in [-0.1, -0.05) is 20.3 Å². The van der Waals surface area contributed by atoms with Gasteiger partial charge in [-0.2, -0.15) is 0 Å². The Kier molecular flexibility index (Phi) is 5.84. The zero-order chi connectivity index (χ0) is 9.45. The lowest BCUT2D eigenvalue weighted by Gasteiger charge is -2.25.